The molecule has 0 radical (unpaired) electrons. The average Bonchev–Trinajstić information content (AvgIpc) is 2.15. The molecule has 17 heavy (non-hydrogen) atoms. The molecular weight excluding hydrogens is 230 g/mol. The number of amides is 1. The first kappa shape index (κ1) is 19.2. The fourth-order valence-electron chi connectivity index (χ4n) is 1.15. The number of carbonyl (C=O) groups excluding carboxylic acids is 1. The summed E-state index contributed by atoms with van der Waals surface area (Å²) in [5, 5.41) is 3.40. The minimum atomic E-state index is 0.103. The largest absolute Gasteiger partial charge is 0.345 e. The van der Waals surface area contributed by atoms with E-state index in [0.29, 0.717) is 10.7 Å². The van der Waals surface area contributed by atoms with Crippen LogP contribution in [-0.2, 0) is 0 Å². The Hall–Kier alpha value is -0.180. The summed E-state index contributed by atoms with van der Waals surface area (Å²) in [5.74, 6) is 0. The van der Waals surface area contributed by atoms with E-state index in [1.54, 1.807) is 0 Å². The van der Waals surface area contributed by atoms with E-state index in [-0.39, 0.29) is 11.3 Å². The smallest absolute Gasteiger partial charge is 0.279 e. The van der Waals surface area contributed by atoms with Crippen molar-refractivity contribution in [1.29, 1.82) is 0 Å². The molecule has 0 saturated carbocycles. The first-order valence-electron chi connectivity index (χ1n) is 6.68. The molecule has 0 saturated heterocycles. The highest BCUT2D eigenvalue weighted by molar-refractivity contribution is 8.14. The van der Waals surface area contributed by atoms with E-state index in [0.717, 1.165) is 12.8 Å². The van der Waals surface area contributed by atoms with Crippen LogP contribution in [-0.4, -0.2) is 16.5 Å². The lowest BCUT2D eigenvalue weighted by molar-refractivity contribution is 0.258. The molecule has 0 fully saturated rings. The summed E-state index contributed by atoms with van der Waals surface area (Å²) in [5.41, 5.74) is 0.364. The molecule has 1 unspecified atom stereocenters. The lowest BCUT2D eigenvalue weighted by atomic mass is 9.90. The predicted molar refractivity (Wildman–Crippen MR) is 80.8 cm³/mol. The molecule has 0 spiro atoms. The van der Waals surface area contributed by atoms with Gasteiger partial charge in [0.1, 0.15) is 0 Å². The molecule has 0 aliphatic heterocycles. The first-order valence-corrected chi connectivity index (χ1v) is 7.56. The van der Waals surface area contributed by atoms with Crippen molar-refractivity contribution >= 4 is 17.0 Å². The zero-order chi connectivity index (χ0) is 14.1. The van der Waals surface area contributed by atoms with Crippen LogP contribution < -0.4 is 5.32 Å². The summed E-state index contributed by atoms with van der Waals surface area (Å²) in [6.45, 7) is 16.8. The molecule has 2 nitrogen and oxygen atoms in total. The third kappa shape index (κ3) is 15.8. The molecule has 0 heterocycles. The molecule has 0 aliphatic rings. The minimum Gasteiger partial charge on any atom is -0.345 e. The number of thioether (sulfide) groups is 1. The van der Waals surface area contributed by atoms with Gasteiger partial charge in [-0.05, 0) is 32.1 Å². The number of hydrogen-bond donors (Lipinski definition) is 1. The minimum absolute atomic E-state index is 0.103. The summed E-state index contributed by atoms with van der Waals surface area (Å²) in [6.07, 6.45) is 2.26. The summed E-state index contributed by atoms with van der Waals surface area (Å²) in [6, 6.07) is 0.236. The second kappa shape index (κ2) is 9.81. The van der Waals surface area contributed by atoms with Gasteiger partial charge < -0.3 is 5.32 Å². The molecule has 0 aromatic carbocycles. The molecule has 0 aromatic rings. The monoisotopic (exact) mass is 261 g/mol. The zero-order valence-electron chi connectivity index (χ0n) is 12.9. The van der Waals surface area contributed by atoms with Gasteiger partial charge in [-0.15, -0.1) is 0 Å². The summed E-state index contributed by atoms with van der Waals surface area (Å²) < 4.78 is 0. The van der Waals surface area contributed by atoms with Gasteiger partial charge in [0, 0.05) is 11.3 Å². The van der Waals surface area contributed by atoms with E-state index < -0.39 is 0 Å². The molecule has 0 aromatic heterocycles. The molecule has 1 amide bonds. The third-order valence-electron chi connectivity index (χ3n) is 2.02. The normalized spacial score (nSPS) is 12.8. The molecule has 0 aliphatic carbocycles. The Balaban J connectivity index is 0. The van der Waals surface area contributed by atoms with Crippen LogP contribution in [0.1, 0.15) is 68.2 Å². The third-order valence-corrected chi connectivity index (χ3v) is 2.99. The molecule has 1 atom stereocenters. The average molecular weight is 261 g/mol. The van der Waals surface area contributed by atoms with Gasteiger partial charge in [0.25, 0.3) is 5.24 Å². The van der Waals surface area contributed by atoms with Crippen molar-refractivity contribution < 1.29 is 4.79 Å². The fraction of sp³-hybridized carbons (Fsp3) is 0.929. The zero-order valence-corrected chi connectivity index (χ0v) is 13.7. The topological polar surface area (TPSA) is 29.1 Å². The molecule has 0 bridgehead atoms. The van der Waals surface area contributed by atoms with E-state index in [9.17, 15) is 4.79 Å². The quantitative estimate of drug-likeness (QED) is 0.764. The second-order valence-corrected chi connectivity index (χ2v) is 7.03. The highest BCUT2D eigenvalue weighted by atomic mass is 32.2. The predicted octanol–water partition coefficient (Wildman–Crippen LogP) is 5.08. The molecule has 104 valence electrons. The standard InChI is InChI=1S/C12H25NOS.C2H6/c1-9(2)13-11(14)15-10(3)7-8-12(4,5)6;1-2/h9-10H,7-8H2,1-6H3,(H,13,14);1-2H3. The van der Waals surface area contributed by atoms with Crippen molar-refractivity contribution in [3.8, 4) is 0 Å². The summed E-state index contributed by atoms with van der Waals surface area (Å²) in [4.78, 5) is 11.4. The van der Waals surface area contributed by atoms with Crippen molar-refractivity contribution in [3.05, 3.63) is 0 Å². The second-order valence-electron chi connectivity index (χ2n) is 5.61. The van der Waals surface area contributed by atoms with Crippen molar-refractivity contribution in [2.24, 2.45) is 5.41 Å². The Labute approximate surface area is 112 Å². The highest BCUT2D eigenvalue weighted by Crippen LogP contribution is 2.26. The molecule has 1 N–H and O–H groups in total. The fourth-order valence-corrected chi connectivity index (χ4v) is 2.05. The van der Waals surface area contributed by atoms with E-state index in [1.165, 1.54) is 11.8 Å². The van der Waals surface area contributed by atoms with Gasteiger partial charge in [0.05, 0.1) is 0 Å². The van der Waals surface area contributed by atoms with E-state index in [2.05, 4.69) is 33.0 Å². The highest BCUT2D eigenvalue weighted by Gasteiger charge is 2.15. The lowest BCUT2D eigenvalue weighted by Crippen LogP contribution is -2.27. The van der Waals surface area contributed by atoms with Gasteiger partial charge in [-0.25, -0.2) is 0 Å². The maximum atomic E-state index is 11.4. The van der Waals surface area contributed by atoms with Gasteiger partial charge in [-0.2, -0.15) is 0 Å². The van der Waals surface area contributed by atoms with Crippen molar-refractivity contribution in [2.75, 3.05) is 0 Å². The number of carbonyl (C=O) groups is 1. The summed E-state index contributed by atoms with van der Waals surface area (Å²) >= 11 is 1.42. The Morgan fingerprint density at radius 3 is 2.00 bits per heavy atom. The maximum absolute atomic E-state index is 11.4. The van der Waals surface area contributed by atoms with Crippen LogP contribution in [0.15, 0.2) is 0 Å². The number of hydrogen-bond acceptors (Lipinski definition) is 2. The lowest BCUT2D eigenvalue weighted by Gasteiger charge is -2.20. The Morgan fingerprint density at radius 2 is 1.65 bits per heavy atom. The van der Waals surface area contributed by atoms with Crippen LogP contribution >= 0.6 is 11.8 Å². The van der Waals surface area contributed by atoms with E-state index in [1.807, 2.05) is 27.7 Å². The van der Waals surface area contributed by atoms with Crippen LogP contribution in [0, 0.1) is 5.41 Å². The van der Waals surface area contributed by atoms with Crippen LogP contribution in [0.5, 0.6) is 0 Å². The maximum Gasteiger partial charge on any atom is 0.279 e. The Morgan fingerprint density at radius 1 is 1.18 bits per heavy atom. The van der Waals surface area contributed by atoms with Crippen molar-refractivity contribution in [1.82, 2.24) is 5.32 Å². The van der Waals surface area contributed by atoms with E-state index in [4.69, 9.17) is 0 Å². The van der Waals surface area contributed by atoms with Gasteiger partial charge in [0.2, 0.25) is 0 Å². The Bertz CT molecular complexity index is 197. The SMILES string of the molecule is CC.CC(C)NC(=O)SC(C)CCC(C)(C)C. The van der Waals surface area contributed by atoms with Gasteiger partial charge in [-0.3, -0.25) is 4.79 Å². The van der Waals surface area contributed by atoms with Crippen LogP contribution in [0.3, 0.4) is 0 Å². The van der Waals surface area contributed by atoms with Crippen LogP contribution in [0.25, 0.3) is 0 Å². The van der Waals surface area contributed by atoms with E-state index >= 15 is 0 Å². The number of rotatable bonds is 4. The van der Waals surface area contributed by atoms with Crippen LogP contribution in [0.4, 0.5) is 4.79 Å². The molecule has 0 rings (SSSR count). The van der Waals surface area contributed by atoms with Gasteiger partial charge >= 0.3 is 0 Å². The molecular formula is C14H31NOS. The summed E-state index contributed by atoms with van der Waals surface area (Å²) in [7, 11) is 0. The number of nitrogens with one attached hydrogen (secondary N) is 1. The van der Waals surface area contributed by atoms with Gasteiger partial charge in [0.15, 0.2) is 0 Å². The van der Waals surface area contributed by atoms with Gasteiger partial charge in [-0.1, -0.05) is 53.3 Å². The Kier molecular flexibility index (Phi) is 11.1. The van der Waals surface area contributed by atoms with Crippen LogP contribution in [0.2, 0.25) is 0 Å². The van der Waals surface area contributed by atoms with Crippen molar-refractivity contribution in [3.63, 3.8) is 0 Å². The van der Waals surface area contributed by atoms with Crippen molar-refractivity contribution in [2.45, 2.75) is 79.5 Å². The molecule has 3 heteroatoms. The first-order chi connectivity index (χ1) is 7.70.